The molecule has 30 heavy (non-hydrogen) atoms. The molecule has 7 heteroatoms. The third kappa shape index (κ3) is 3.98. The number of hydrogen-bond donors (Lipinski definition) is 0. The number of benzene rings is 2. The Labute approximate surface area is 182 Å². The van der Waals surface area contributed by atoms with Gasteiger partial charge in [0.25, 0.3) is 0 Å². The van der Waals surface area contributed by atoms with Gasteiger partial charge in [0.15, 0.2) is 0 Å². The fourth-order valence-electron chi connectivity index (χ4n) is 3.65. The lowest BCUT2D eigenvalue weighted by molar-refractivity contribution is 0.416. The topological polar surface area (TPSA) is 63.4 Å². The number of rotatable bonds is 5. The Balaban J connectivity index is 1.83. The molecule has 0 spiro atoms. The highest BCUT2D eigenvalue weighted by Crippen LogP contribution is 2.38. The Bertz CT molecular complexity index is 1130. The number of nitrogens with zero attached hydrogens (tertiary/aromatic N) is 2. The van der Waals surface area contributed by atoms with Crippen molar-refractivity contribution in [1.29, 1.82) is 0 Å². The van der Waals surface area contributed by atoms with Gasteiger partial charge in [-0.15, -0.1) is 0 Å². The van der Waals surface area contributed by atoms with E-state index in [9.17, 15) is 8.42 Å². The van der Waals surface area contributed by atoms with Crippen LogP contribution in [-0.2, 0) is 16.3 Å². The van der Waals surface area contributed by atoms with Gasteiger partial charge in [0.1, 0.15) is 0 Å². The van der Waals surface area contributed by atoms with Crippen LogP contribution < -0.4 is 4.90 Å². The molecule has 5 nitrogen and oxygen atoms in total. The highest BCUT2D eigenvalue weighted by atomic mass is 35.5. The molecule has 0 aliphatic carbocycles. The average Bonchev–Trinajstić information content (AvgIpc) is 3.21. The molecule has 158 valence electrons. The van der Waals surface area contributed by atoms with Crippen LogP contribution in [0.25, 0.3) is 11.5 Å². The summed E-state index contributed by atoms with van der Waals surface area (Å²) in [7, 11) is -3.85. The number of piperidine rings is 1. The van der Waals surface area contributed by atoms with Crippen molar-refractivity contribution in [3.8, 4) is 11.5 Å². The predicted octanol–water partition coefficient (Wildman–Crippen LogP) is 5.63. The maximum absolute atomic E-state index is 13.5. The second kappa shape index (κ2) is 8.44. The van der Waals surface area contributed by atoms with Gasteiger partial charge >= 0.3 is 0 Å². The third-order valence-electron chi connectivity index (χ3n) is 5.65. The molecule has 1 aliphatic heterocycles. The smallest absolute Gasteiger partial charge is 0.236 e. The summed E-state index contributed by atoms with van der Waals surface area (Å²) in [5.41, 5.74) is 1.66. The molecule has 1 fully saturated rings. The lowest BCUT2D eigenvalue weighted by Gasteiger charge is -2.30. The molecule has 3 aromatic rings. The van der Waals surface area contributed by atoms with Crippen LogP contribution in [0.3, 0.4) is 0 Å². The molecule has 0 unspecified atom stereocenters. The minimum Gasteiger partial charge on any atom is -0.419 e. The minimum absolute atomic E-state index is 0.0452. The highest BCUT2D eigenvalue weighted by molar-refractivity contribution is 7.91. The Kier molecular flexibility index (Phi) is 5.89. The second-order valence-corrected chi connectivity index (χ2v) is 10.1. The molecule has 0 bridgehead atoms. The zero-order valence-electron chi connectivity index (χ0n) is 17.1. The maximum Gasteiger partial charge on any atom is 0.236 e. The van der Waals surface area contributed by atoms with Gasteiger partial charge in [0, 0.05) is 13.1 Å². The Morgan fingerprint density at radius 1 is 1.10 bits per heavy atom. The Morgan fingerprint density at radius 2 is 1.77 bits per heavy atom. The summed E-state index contributed by atoms with van der Waals surface area (Å²) in [4.78, 5) is 6.65. The van der Waals surface area contributed by atoms with E-state index in [-0.39, 0.29) is 15.8 Å². The van der Waals surface area contributed by atoms with Crippen LogP contribution in [-0.4, -0.2) is 26.5 Å². The molecule has 1 aromatic heterocycles. The van der Waals surface area contributed by atoms with Gasteiger partial charge in [0.05, 0.1) is 15.5 Å². The van der Waals surface area contributed by atoms with Crippen molar-refractivity contribution in [3.63, 3.8) is 0 Å². The van der Waals surface area contributed by atoms with E-state index in [2.05, 4.69) is 11.9 Å². The van der Waals surface area contributed by atoms with E-state index in [0.717, 1.165) is 37.9 Å². The first-order valence-corrected chi connectivity index (χ1v) is 12.1. The first kappa shape index (κ1) is 20.9. The molecule has 0 saturated carbocycles. The van der Waals surface area contributed by atoms with E-state index in [0.29, 0.717) is 22.4 Å². The van der Waals surface area contributed by atoms with E-state index in [4.69, 9.17) is 16.0 Å². The summed E-state index contributed by atoms with van der Waals surface area (Å²) in [6, 6.07) is 14.1. The van der Waals surface area contributed by atoms with Crippen molar-refractivity contribution in [2.45, 2.75) is 43.0 Å². The lowest BCUT2D eigenvalue weighted by atomic mass is 9.99. The van der Waals surface area contributed by atoms with Crippen molar-refractivity contribution >= 4 is 27.3 Å². The Morgan fingerprint density at radius 3 is 2.40 bits per heavy atom. The van der Waals surface area contributed by atoms with E-state index < -0.39 is 9.84 Å². The summed E-state index contributed by atoms with van der Waals surface area (Å²) in [5, 5.41) is 0.421. The predicted molar refractivity (Wildman–Crippen MR) is 119 cm³/mol. The average molecular weight is 445 g/mol. The van der Waals surface area contributed by atoms with Gasteiger partial charge in [-0.25, -0.2) is 8.42 Å². The van der Waals surface area contributed by atoms with Gasteiger partial charge in [0.2, 0.25) is 26.6 Å². The van der Waals surface area contributed by atoms with Crippen molar-refractivity contribution in [2.24, 2.45) is 5.92 Å². The number of hydrogen-bond acceptors (Lipinski definition) is 5. The van der Waals surface area contributed by atoms with Crippen molar-refractivity contribution in [3.05, 3.63) is 59.1 Å². The zero-order valence-corrected chi connectivity index (χ0v) is 18.7. The standard InChI is InChI=1S/C23H25ClN2O3S/c1-3-17-8-10-18(11-9-17)30(27,28)22-23(26-14-12-16(2)13-15-26)29-21(25-22)19-6-4-5-7-20(19)24/h4-11,16H,3,12-15H2,1-2H3. The highest BCUT2D eigenvalue weighted by Gasteiger charge is 2.33. The van der Waals surface area contributed by atoms with Gasteiger partial charge in [-0.3, -0.25) is 0 Å². The third-order valence-corrected chi connectivity index (χ3v) is 7.65. The summed E-state index contributed by atoms with van der Waals surface area (Å²) in [6.07, 6.45) is 2.80. The molecular weight excluding hydrogens is 420 g/mol. The molecule has 0 radical (unpaired) electrons. The quantitative estimate of drug-likeness (QED) is 0.510. The fraction of sp³-hybridized carbons (Fsp3) is 0.348. The van der Waals surface area contributed by atoms with Crippen LogP contribution in [0.4, 0.5) is 5.88 Å². The van der Waals surface area contributed by atoms with Crippen LogP contribution in [0.15, 0.2) is 62.9 Å². The summed E-state index contributed by atoms with van der Waals surface area (Å²) >= 11 is 6.33. The normalized spacial score (nSPS) is 15.5. The monoisotopic (exact) mass is 444 g/mol. The number of sulfone groups is 1. The molecule has 2 aromatic carbocycles. The van der Waals surface area contributed by atoms with Gasteiger partial charge in [-0.1, -0.05) is 49.7 Å². The Hall–Kier alpha value is -2.31. The summed E-state index contributed by atoms with van der Waals surface area (Å²) in [6.45, 7) is 5.71. The molecule has 1 saturated heterocycles. The van der Waals surface area contributed by atoms with E-state index in [1.165, 1.54) is 0 Å². The largest absolute Gasteiger partial charge is 0.419 e. The molecule has 2 heterocycles. The van der Waals surface area contributed by atoms with Crippen LogP contribution in [0, 0.1) is 5.92 Å². The van der Waals surface area contributed by atoms with Crippen molar-refractivity contribution in [1.82, 2.24) is 4.98 Å². The van der Waals surface area contributed by atoms with Crippen molar-refractivity contribution in [2.75, 3.05) is 18.0 Å². The van der Waals surface area contributed by atoms with E-state index >= 15 is 0 Å². The number of aromatic nitrogens is 1. The lowest BCUT2D eigenvalue weighted by Crippen LogP contribution is -2.33. The number of aryl methyl sites for hydroxylation is 1. The van der Waals surface area contributed by atoms with Crippen LogP contribution in [0.2, 0.25) is 5.02 Å². The molecular formula is C23H25ClN2O3S. The first-order valence-electron chi connectivity index (χ1n) is 10.2. The number of oxazole rings is 1. The minimum atomic E-state index is -3.85. The fourth-order valence-corrected chi connectivity index (χ4v) is 5.19. The van der Waals surface area contributed by atoms with Crippen molar-refractivity contribution < 1.29 is 12.8 Å². The molecule has 0 amide bonds. The van der Waals surface area contributed by atoms with E-state index in [1.807, 2.05) is 36.1 Å². The van der Waals surface area contributed by atoms with Crippen LogP contribution in [0.5, 0.6) is 0 Å². The number of anilines is 1. The second-order valence-electron chi connectivity index (χ2n) is 7.78. The van der Waals surface area contributed by atoms with Gasteiger partial charge < -0.3 is 9.32 Å². The van der Waals surface area contributed by atoms with Gasteiger partial charge in [-0.05, 0) is 55.0 Å². The van der Waals surface area contributed by atoms with Crippen LogP contribution in [0.1, 0.15) is 32.3 Å². The molecule has 0 atom stereocenters. The van der Waals surface area contributed by atoms with Gasteiger partial charge in [-0.2, -0.15) is 4.98 Å². The zero-order chi connectivity index (χ0) is 21.3. The molecule has 0 N–H and O–H groups in total. The SMILES string of the molecule is CCc1ccc(S(=O)(=O)c2nc(-c3ccccc3Cl)oc2N2CCC(C)CC2)cc1. The molecule has 1 aliphatic rings. The summed E-state index contributed by atoms with van der Waals surface area (Å²) in [5.74, 6) is 1.13. The number of halogens is 1. The van der Waals surface area contributed by atoms with Crippen LogP contribution >= 0.6 is 11.6 Å². The molecule has 4 rings (SSSR count). The van der Waals surface area contributed by atoms with E-state index in [1.54, 1.807) is 24.3 Å². The summed E-state index contributed by atoms with van der Waals surface area (Å²) < 4.78 is 33.1. The maximum atomic E-state index is 13.5. The first-order chi connectivity index (χ1) is 14.4.